The number of hydrogen-bond acceptors (Lipinski definition) is 10. The molecule has 0 rings (SSSR count). The van der Waals surface area contributed by atoms with E-state index in [2.05, 4.69) is 47.3 Å². The Kier molecular flexibility index (Phi) is 20.9. The molecule has 0 aromatic heterocycles. The normalized spacial score (nSPS) is 11.7. The molecule has 0 saturated carbocycles. The van der Waals surface area contributed by atoms with Crippen LogP contribution >= 0.6 is 25.3 Å². The van der Waals surface area contributed by atoms with Gasteiger partial charge in [0, 0.05) is 11.5 Å². The van der Waals surface area contributed by atoms with Gasteiger partial charge in [-0.3, -0.25) is 9.59 Å². The summed E-state index contributed by atoms with van der Waals surface area (Å²) in [5.41, 5.74) is 10.4. The summed E-state index contributed by atoms with van der Waals surface area (Å²) in [7, 11) is 2.59. The average molecular weight is 318 g/mol. The van der Waals surface area contributed by atoms with E-state index in [1.807, 2.05) is 0 Å². The topological polar surface area (TPSA) is 122 Å². The van der Waals surface area contributed by atoms with Crippen LogP contribution in [0.4, 0.5) is 0 Å². The zero-order valence-corrected chi connectivity index (χ0v) is 12.7. The van der Waals surface area contributed by atoms with Crippen LogP contribution in [0.25, 0.3) is 0 Å². The molecular formula is C8H18N2O5S3. The first-order valence-corrected chi connectivity index (χ1v) is 6.09. The smallest absolute Gasteiger partial charge is 0.323 e. The SMILES string of the molecule is COC(=O)[C@@H](N)CS.COC(=O)[C@@H](N)CS.O=S. The molecule has 0 spiro atoms. The van der Waals surface area contributed by atoms with Crippen molar-refractivity contribution in [2.75, 3.05) is 25.7 Å². The predicted octanol–water partition coefficient (Wildman–Crippen LogP) is -1.50. The second-order valence-electron chi connectivity index (χ2n) is 2.62. The van der Waals surface area contributed by atoms with Crippen molar-refractivity contribution in [3.05, 3.63) is 0 Å². The minimum Gasteiger partial charge on any atom is -0.468 e. The van der Waals surface area contributed by atoms with Crippen molar-refractivity contribution in [2.24, 2.45) is 11.5 Å². The van der Waals surface area contributed by atoms with E-state index in [0.29, 0.717) is 11.5 Å². The molecule has 2 atom stereocenters. The number of ether oxygens (including phenoxy) is 2. The van der Waals surface area contributed by atoms with E-state index >= 15 is 0 Å². The third-order valence-electron chi connectivity index (χ3n) is 1.40. The minimum atomic E-state index is -0.580. The van der Waals surface area contributed by atoms with Crippen LogP contribution in [-0.4, -0.2) is 54.0 Å². The Morgan fingerprint density at radius 3 is 1.28 bits per heavy atom. The van der Waals surface area contributed by atoms with Crippen molar-refractivity contribution in [2.45, 2.75) is 12.1 Å². The summed E-state index contributed by atoms with van der Waals surface area (Å²) >= 11 is 10.4. The molecule has 18 heavy (non-hydrogen) atoms. The van der Waals surface area contributed by atoms with Gasteiger partial charge in [-0.15, -0.1) is 0 Å². The van der Waals surface area contributed by atoms with E-state index in [0.717, 1.165) is 0 Å². The Labute approximate surface area is 122 Å². The van der Waals surface area contributed by atoms with Crippen LogP contribution in [0, 0.1) is 0 Å². The van der Waals surface area contributed by atoms with E-state index in [1.54, 1.807) is 0 Å². The summed E-state index contributed by atoms with van der Waals surface area (Å²) in [5, 5.41) is 0. The lowest BCUT2D eigenvalue weighted by atomic mass is 10.4. The van der Waals surface area contributed by atoms with Crippen LogP contribution < -0.4 is 11.5 Å². The second kappa shape index (κ2) is 16.6. The molecule has 0 unspecified atom stereocenters. The van der Waals surface area contributed by atoms with Gasteiger partial charge in [0.05, 0.1) is 14.2 Å². The lowest BCUT2D eigenvalue weighted by Crippen LogP contribution is -2.32. The molecule has 0 aliphatic rings. The van der Waals surface area contributed by atoms with Crippen LogP contribution in [0.1, 0.15) is 0 Å². The minimum absolute atomic E-state index is 0.326. The number of methoxy groups -OCH3 is 2. The number of hydrogen-bond donors (Lipinski definition) is 4. The zero-order valence-electron chi connectivity index (χ0n) is 10.1. The van der Waals surface area contributed by atoms with E-state index in [1.165, 1.54) is 14.2 Å². The van der Waals surface area contributed by atoms with Gasteiger partial charge in [0.25, 0.3) is 0 Å². The standard InChI is InChI=1S/2C4H9NO2S.OS/c2*1-7-4(6)3(5)2-8;1-2/h2*3,8H,2,5H2,1H3;/t2*3-;/m00./s1. The molecule has 10 heteroatoms. The van der Waals surface area contributed by atoms with Crippen LogP contribution in [0.2, 0.25) is 0 Å². The third kappa shape index (κ3) is 13.6. The first kappa shape index (κ1) is 22.7. The van der Waals surface area contributed by atoms with E-state index < -0.39 is 24.0 Å². The maximum atomic E-state index is 10.3. The van der Waals surface area contributed by atoms with Gasteiger partial charge < -0.3 is 20.9 Å². The van der Waals surface area contributed by atoms with Crippen molar-refractivity contribution >= 4 is 49.7 Å². The molecule has 0 aromatic carbocycles. The third-order valence-corrected chi connectivity index (χ3v) is 2.19. The largest absolute Gasteiger partial charge is 0.468 e. The van der Waals surface area contributed by atoms with Gasteiger partial charge in [0.1, 0.15) is 12.1 Å². The highest BCUT2D eigenvalue weighted by molar-refractivity contribution is 7.80. The van der Waals surface area contributed by atoms with Gasteiger partial charge in [0.2, 0.25) is 0 Å². The van der Waals surface area contributed by atoms with Crippen molar-refractivity contribution in [3.63, 3.8) is 0 Å². The highest BCUT2D eigenvalue weighted by atomic mass is 32.1. The lowest BCUT2D eigenvalue weighted by Gasteiger charge is -2.02. The number of carbonyl (C=O) groups excluding carboxylic acids is 2. The summed E-state index contributed by atoms with van der Waals surface area (Å²) in [6.45, 7) is 0. The zero-order chi connectivity index (χ0) is 15.1. The number of rotatable bonds is 4. The molecule has 7 nitrogen and oxygen atoms in total. The predicted molar refractivity (Wildman–Crippen MR) is 75.8 cm³/mol. The Morgan fingerprint density at radius 1 is 1.00 bits per heavy atom. The fraction of sp³-hybridized carbons (Fsp3) is 0.750. The van der Waals surface area contributed by atoms with Gasteiger partial charge in [-0.05, 0) is 0 Å². The van der Waals surface area contributed by atoms with Gasteiger partial charge in [-0.2, -0.15) is 29.5 Å². The number of thiol groups is 2. The molecular weight excluding hydrogens is 300 g/mol. The molecule has 108 valence electrons. The number of nitrogens with two attached hydrogens (primary N) is 2. The van der Waals surface area contributed by atoms with E-state index in [-0.39, 0.29) is 0 Å². The summed E-state index contributed by atoms with van der Waals surface area (Å²) < 4.78 is 16.4. The van der Waals surface area contributed by atoms with Crippen LogP contribution in [-0.2, 0) is 31.6 Å². The Morgan fingerprint density at radius 2 is 1.22 bits per heavy atom. The quantitative estimate of drug-likeness (QED) is 0.365. The van der Waals surface area contributed by atoms with Crippen LogP contribution in [0.3, 0.4) is 0 Å². The first-order valence-electron chi connectivity index (χ1n) is 4.49. The Bertz CT molecular complexity index is 211. The highest BCUT2D eigenvalue weighted by Gasteiger charge is 2.09. The number of carbonyl (C=O) groups is 2. The fourth-order valence-corrected chi connectivity index (χ4v) is 0.750. The molecule has 0 aliphatic carbocycles. The molecule has 0 radical (unpaired) electrons. The molecule has 0 amide bonds. The van der Waals surface area contributed by atoms with Crippen molar-refractivity contribution < 1.29 is 23.3 Å². The maximum absolute atomic E-state index is 10.3. The van der Waals surface area contributed by atoms with Gasteiger partial charge in [-0.25, -0.2) is 0 Å². The Hall–Kier alpha value is -0.420. The fourth-order valence-electron chi connectivity index (χ4n) is 0.452. The van der Waals surface area contributed by atoms with Crippen LogP contribution in [0.5, 0.6) is 0 Å². The van der Waals surface area contributed by atoms with E-state index in [4.69, 9.17) is 15.7 Å². The average Bonchev–Trinajstić information content (AvgIpc) is 2.46. The van der Waals surface area contributed by atoms with Gasteiger partial charge in [-0.1, -0.05) is 0 Å². The van der Waals surface area contributed by atoms with Crippen molar-refractivity contribution in [3.8, 4) is 0 Å². The van der Waals surface area contributed by atoms with Crippen molar-refractivity contribution in [1.82, 2.24) is 0 Å². The van der Waals surface area contributed by atoms with Crippen molar-refractivity contribution in [1.29, 1.82) is 0 Å². The summed E-state index contributed by atoms with van der Waals surface area (Å²) in [5.74, 6) is -0.181. The molecule has 0 fully saturated rings. The van der Waals surface area contributed by atoms with Crippen LogP contribution in [0.15, 0.2) is 0 Å². The number of esters is 2. The molecule has 0 aromatic rings. The van der Waals surface area contributed by atoms with E-state index in [9.17, 15) is 9.59 Å². The highest BCUT2D eigenvalue weighted by Crippen LogP contribution is 1.85. The first-order chi connectivity index (χ1) is 8.44. The monoisotopic (exact) mass is 318 g/mol. The lowest BCUT2D eigenvalue weighted by molar-refractivity contribution is -0.142. The molecule has 0 aliphatic heterocycles. The summed E-state index contributed by atoms with van der Waals surface area (Å²) in [6.07, 6.45) is 0. The maximum Gasteiger partial charge on any atom is 0.323 e. The van der Waals surface area contributed by atoms with Gasteiger partial charge in [0.15, 0.2) is 12.5 Å². The molecule has 4 N–H and O–H groups in total. The molecule has 0 saturated heterocycles. The molecule has 0 heterocycles. The molecule has 0 bridgehead atoms. The second-order valence-corrected chi connectivity index (χ2v) is 3.35. The Balaban J connectivity index is -0.000000219. The summed E-state index contributed by atoms with van der Waals surface area (Å²) in [6, 6.07) is -1.16. The summed E-state index contributed by atoms with van der Waals surface area (Å²) in [4.78, 5) is 20.7. The van der Waals surface area contributed by atoms with Gasteiger partial charge >= 0.3 is 11.9 Å².